The highest BCUT2D eigenvalue weighted by Crippen LogP contribution is 2.26. The highest BCUT2D eigenvalue weighted by molar-refractivity contribution is 7.15. The molecule has 1 aliphatic heterocycles. The third kappa shape index (κ3) is 2.70. The zero-order valence-corrected chi connectivity index (χ0v) is 13.4. The minimum Gasteiger partial charge on any atom is -0.459 e. The van der Waals surface area contributed by atoms with Gasteiger partial charge in [0.2, 0.25) is 5.13 Å². The number of aromatic nitrogens is 2. The summed E-state index contributed by atoms with van der Waals surface area (Å²) in [5.41, 5.74) is 0.756. The summed E-state index contributed by atoms with van der Waals surface area (Å²) < 4.78 is 4.99. The van der Waals surface area contributed by atoms with Crippen LogP contribution >= 0.6 is 11.3 Å². The van der Waals surface area contributed by atoms with Crippen molar-refractivity contribution in [1.29, 1.82) is 0 Å². The maximum atomic E-state index is 12.3. The van der Waals surface area contributed by atoms with Crippen molar-refractivity contribution in [2.24, 2.45) is 0 Å². The van der Waals surface area contributed by atoms with Gasteiger partial charge in [-0.3, -0.25) is 24.6 Å². The Morgan fingerprint density at radius 1 is 1.08 bits per heavy atom. The molecule has 3 heterocycles. The third-order valence-electron chi connectivity index (χ3n) is 3.60. The molecule has 0 saturated heterocycles. The van der Waals surface area contributed by atoms with Gasteiger partial charge in [-0.15, -0.1) is 10.2 Å². The number of furan rings is 1. The van der Waals surface area contributed by atoms with E-state index in [4.69, 9.17) is 4.42 Å². The summed E-state index contributed by atoms with van der Waals surface area (Å²) in [5.74, 6) is -1.03. The molecule has 3 aromatic rings. The zero-order chi connectivity index (χ0) is 17.4. The van der Waals surface area contributed by atoms with E-state index in [1.54, 1.807) is 30.3 Å². The van der Waals surface area contributed by atoms with E-state index in [2.05, 4.69) is 15.5 Å². The molecule has 8 nitrogen and oxygen atoms in total. The van der Waals surface area contributed by atoms with E-state index < -0.39 is 5.91 Å². The molecule has 3 amide bonds. The van der Waals surface area contributed by atoms with Gasteiger partial charge in [0, 0.05) is 0 Å². The van der Waals surface area contributed by atoms with Gasteiger partial charge in [-0.25, -0.2) is 0 Å². The van der Waals surface area contributed by atoms with Gasteiger partial charge in [-0.05, 0) is 24.3 Å². The number of nitrogens with one attached hydrogen (secondary N) is 1. The molecule has 124 valence electrons. The first-order valence-corrected chi connectivity index (χ1v) is 8.07. The first kappa shape index (κ1) is 15.2. The molecule has 2 aromatic heterocycles. The van der Waals surface area contributed by atoms with Crippen molar-refractivity contribution in [2.75, 3.05) is 5.32 Å². The molecule has 0 unspecified atom stereocenters. The fourth-order valence-corrected chi connectivity index (χ4v) is 3.18. The van der Waals surface area contributed by atoms with Crippen LogP contribution < -0.4 is 5.32 Å². The fourth-order valence-electron chi connectivity index (χ4n) is 2.45. The van der Waals surface area contributed by atoms with Crippen LogP contribution in [-0.4, -0.2) is 32.8 Å². The van der Waals surface area contributed by atoms with Crippen molar-refractivity contribution >= 4 is 34.2 Å². The Labute approximate surface area is 145 Å². The van der Waals surface area contributed by atoms with Crippen LogP contribution in [0.15, 0.2) is 47.1 Å². The molecular weight excluding hydrogens is 344 g/mol. The normalized spacial score (nSPS) is 13.2. The molecule has 0 bridgehead atoms. The highest BCUT2D eigenvalue weighted by atomic mass is 32.1. The average molecular weight is 354 g/mol. The highest BCUT2D eigenvalue weighted by Gasteiger charge is 2.35. The predicted octanol–water partition coefficient (Wildman–Crippen LogP) is 2.18. The van der Waals surface area contributed by atoms with Crippen molar-refractivity contribution in [1.82, 2.24) is 15.1 Å². The lowest BCUT2D eigenvalue weighted by Crippen LogP contribution is -2.29. The van der Waals surface area contributed by atoms with Crippen LogP contribution in [0.4, 0.5) is 5.13 Å². The number of imide groups is 1. The van der Waals surface area contributed by atoms with Crippen molar-refractivity contribution in [3.63, 3.8) is 0 Å². The maximum Gasteiger partial charge on any atom is 0.293 e. The topological polar surface area (TPSA) is 105 Å². The summed E-state index contributed by atoms with van der Waals surface area (Å²) in [7, 11) is 0. The summed E-state index contributed by atoms with van der Waals surface area (Å²) >= 11 is 1.09. The van der Waals surface area contributed by atoms with Crippen LogP contribution in [0.25, 0.3) is 0 Å². The van der Waals surface area contributed by atoms with Gasteiger partial charge < -0.3 is 4.42 Å². The Hall–Kier alpha value is -3.33. The van der Waals surface area contributed by atoms with Gasteiger partial charge in [0.1, 0.15) is 5.01 Å². The molecular formula is C16H10N4O4S. The molecule has 9 heteroatoms. The number of rotatable bonds is 4. The monoisotopic (exact) mass is 354 g/mol. The third-order valence-corrected chi connectivity index (χ3v) is 4.43. The Bertz CT molecular complexity index is 945. The molecule has 1 aromatic carbocycles. The van der Waals surface area contributed by atoms with Crippen LogP contribution in [0.2, 0.25) is 0 Å². The van der Waals surface area contributed by atoms with Crippen LogP contribution in [0.3, 0.4) is 0 Å². The molecule has 25 heavy (non-hydrogen) atoms. The minimum atomic E-state index is -0.451. The van der Waals surface area contributed by atoms with E-state index in [9.17, 15) is 14.4 Å². The minimum absolute atomic E-state index is 0.000631. The smallest absolute Gasteiger partial charge is 0.293 e. The maximum absolute atomic E-state index is 12.3. The van der Waals surface area contributed by atoms with Crippen LogP contribution in [0.1, 0.15) is 36.3 Å². The van der Waals surface area contributed by atoms with Crippen molar-refractivity contribution in [3.05, 3.63) is 64.6 Å². The number of benzene rings is 1. The van der Waals surface area contributed by atoms with Gasteiger partial charge in [0.05, 0.1) is 23.9 Å². The molecule has 4 rings (SSSR count). The van der Waals surface area contributed by atoms with Gasteiger partial charge in [-0.1, -0.05) is 23.5 Å². The van der Waals surface area contributed by atoms with E-state index in [0.717, 1.165) is 16.2 Å². The van der Waals surface area contributed by atoms with Crippen LogP contribution in [0.5, 0.6) is 0 Å². The van der Waals surface area contributed by atoms with Crippen molar-refractivity contribution in [2.45, 2.75) is 6.54 Å². The largest absolute Gasteiger partial charge is 0.459 e. The lowest BCUT2D eigenvalue weighted by molar-refractivity contribution is 0.0641. The summed E-state index contributed by atoms with van der Waals surface area (Å²) in [6.07, 6.45) is 1.39. The number of hydrogen-bond donors (Lipinski definition) is 1. The quantitative estimate of drug-likeness (QED) is 0.720. The molecule has 0 fully saturated rings. The second kappa shape index (κ2) is 5.95. The van der Waals surface area contributed by atoms with E-state index >= 15 is 0 Å². The number of fused-ring (bicyclic) bond motifs is 1. The second-order valence-electron chi connectivity index (χ2n) is 5.17. The summed E-state index contributed by atoms with van der Waals surface area (Å²) in [4.78, 5) is 37.7. The van der Waals surface area contributed by atoms with Crippen molar-refractivity contribution in [3.8, 4) is 0 Å². The standard InChI is InChI=1S/C16H10N4O4S/c21-13(11-6-3-7-24-11)17-16-19-18-12(25-16)8-20-14(22)9-4-1-2-5-10(9)15(20)23/h1-7H,8H2,(H,17,19,21). The first-order chi connectivity index (χ1) is 12.1. The molecule has 0 spiro atoms. The number of amides is 3. The molecule has 0 saturated carbocycles. The van der Waals surface area contributed by atoms with Gasteiger partial charge in [-0.2, -0.15) is 0 Å². The zero-order valence-electron chi connectivity index (χ0n) is 12.6. The van der Waals surface area contributed by atoms with E-state index in [1.807, 2.05) is 0 Å². The Morgan fingerprint density at radius 2 is 1.80 bits per heavy atom. The predicted molar refractivity (Wildman–Crippen MR) is 87.2 cm³/mol. The Morgan fingerprint density at radius 3 is 2.44 bits per heavy atom. The molecule has 1 aliphatic rings. The second-order valence-corrected chi connectivity index (χ2v) is 6.24. The average Bonchev–Trinajstić information content (AvgIpc) is 3.34. The van der Waals surface area contributed by atoms with Crippen molar-refractivity contribution < 1.29 is 18.8 Å². The summed E-state index contributed by atoms with van der Waals surface area (Å²) in [6.45, 7) is 0.000631. The van der Waals surface area contributed by atoms with Gasteiger partial charge in [0.15, 0.2) is 5.76 Å². The number of anilines is 1. The number of hydrogen-bond acceptors (Lipinski definition) is 7. The molecule has 1 N–H and O–H groups in total. The number of carbonyl (C=O) groups excluding carboxylic acids is 3. The SMILES string of the molecule is O=C(Nc1nnc(CN2C(=O)c3ccccc3C2=O)s1)c1ccco1. The van der Waals surface area contributed by atoms with E-state index in [-0.39, 0.29) is 29.3 Å². The summed E-state index contributed by atoms with van der Waals surface area (Å²) in [6, 6.07) is 9.77. The first-order valence-electron chi connectivity index (χ1n) is 7.26. The number of nitrogens with zero attached hydrogens (tertiary/aromatic N) is 3. The molecule has 0 aliphatic carbocycles. The van der Waals surface area contributed by atoms with Gasteiger partial charge >= 0.3 is 0 Å². The van der Waals surface area contributed by atoms with Crippen LogP contribution in [0, 0.1) is 0 Å². The number of carbonyl (C=O) groups is 3. The van der Waals surface area contributed by atoms with E-state index in [0.29, 0.717) is 16.1 Å². The van der Waals surface area contributed by atoms with Gasteiger partial charge in [0.25, 0.3) is 17.7 Å². The lowest BCUT2D eigenvalue weighted by Gasteiger charge is -2.10. The lowest BCUT2D eigenvalue weighted by atomic mass is 10.1. The Kier molecular flexibility index (Phi) is 3.62. The van der Waals surface area contributed by atoms with Crippen LogP contribution in [-0.2, 0) is 6.54 Å². The fraction of sp³-hybridized carbons (Fsp3) is 0.0625. The molecule has 0 atom stereocenters. The molecule has 0 radical (unpaired) electrons. The summed E-state index contributed by atoms with van der Waals surface area (Å²) in [5, 5.41) is 11.0. The Balaban J connectivity index is 1.48. The van der Waals surface area contributed by atoms with E-state index in [1.165, 1.54) is 12.3 Å².